The first-order chi connectivity index (χ1) is 8.81. The van der Waals surface area contributed by atoms with Crippen LogP contribution in [0.5, 0.6) is 11.5 Å². The first kappa shape index (κ1) is 14.6. The molecule has 0 saturated heterocycles. The molecule has 19 heavy (non-hydrogen) atoms. The van der Waals surface area contributed by atoms with Gasteiger partial charge >= 0.3 is 12.0 Å². The van der Waals surface area contributed by atoms with Gasteiger partial charge in [-0.15, -0.1) is 0 Å². The monoisotopic (exact) mass is 268 g/mol. The third-order valence-electron chi connectivity index (χ3n) is 2.48. The van der Waals surface area contributed by atoms with Crippen molar-refractivity contribution >= 4 is 12.0 Å². The van der Waals surface area contributed by atoms with Crippen molar-refractivity contribution in [2.75, 3.05) is 14.1 Å². The van der Waals surface area contributed by atoms with Crippen LogP contribution in [0.25, 0.3) is 0 Å². The molecule has 104 valence electrons. The number of hydrogen-bond donors (Lipinski definition) is 4. The molecule has 1 aromatic carbocycles. The number of hydrogen-bond acceptors (Lipinski definition) is 4. The number of aliphatic carboxylic acids is 1. The number of urea groups is 1. The summed E-state index contributed by atoms with van der Waals surface area (Å²) in [4.78, 5) is 23.7. The zero-order valence-electron chi connectivity index (χ0n) is 10.6. The fourth-order valence-electron chi connectivity index (χ4n) is 1.41. The van der Waals surface area contributed by atoms with Crippen molar-refractivity contribution in [3.8, 4) is 11.5 Å². The second-order valence-corrected chi connectivity index (χ2v) is 4.26. The van der Waals surface area contributed by atoms with E-state index in [1.807, 2.05) is 0 Å². The molecule has 0 aromatic heterocycles. The van der Waals surface area contributed by atoms with Crippen LogP contribution in [0.15, 0.2) is 18.2 Å². The number of phenols is 2. The number of nitrogens with zero attached hydrogens (tertiary/aromatic N) is 1. The van der Waals surface area contributed by atoms with Gasteiger partial charge in [-0.3, -0.25) is 0 Å². The smallest absolute Gasteiger partial charge is 0.326 e. The summed E-state index contributed by atoms with van der Waals surface area (Å²) in [6.07, 6.45) is 0.00273. The number of rotatable bonds is 4. The normalized spacial score (nSPS) is 11.7. The van der Waals surface area contributed by atoms with Crippen molar-refractivity contribution in [2.24, 2.45) is 0 Å². The molecule has 0 heterocycles. The zero-order chi connectivity index (χ0) is 14.6. The Balaban J connectivity index is 2.81. The van der Waals surface area contributed by atoms with Gasteiger partial charge in [0.25, 0.3) is 0 Å². The maximum atomic E-state index is 11.4. The Hall–Kier alpha value is -2.44. The molecule has 7 heteroatoms. The Morgan fingerprint density at radius 3 is 2.37 bits per heavy atom. The number of carbonyl (C=O) groups is 2. The van der Waals surface area contributed by atoms with Crippen molar-refractivity contribution in [1.82, 2.24) is 10.2 Å². The van der Waals surface area contributed by atoms with Gasteiger partial charge in [-0.2, -0.15) is 0 Å². The molecule has 2 amide bonds. The van der Waals surface area contributed by atoms with Crippen LogP contribution >= 0.6 is 0 Å². The van der Waals surface area contributed by atoms with Crippen molar-refractivity contribution in [3.63, 3.8) is 0 Å². The zero-order valence-corrected chi connectivity index (χ0v) is 10.6. The predicted octanol–water partition coefficient (Wildman–Crippen LogP) is 0.365. The van der Waals surface area contributed by atoms with E-state index in [1.165, 1.54) is 37.2 Å². The number of nitrogens with one attached hydrogen (secondary N) is 1. The minimum absolute atomic E-state index is 0.00273. The van der Waals surface area contributed by atoms with Crippen LogP contribution in [0.2, 0.25) is 0 Å². The fraction of sp³-hybridized carbons (Fsp3) is 0.333. The van der Waals surface area contributed by atoms with Gasteiger partial charge in [0.15, 0.2) is 11.5 Å². The predicted molar refractivity (Wildman–Crippen MR) is 67.1 cm³/mol. The largest absolute Gasteiger partial charge is 0.504 e. The maximum Gasteiger partial charge on any atom is 0.326 e. The van der Waals surface area contributed by atoms with Crippen LogP contribution < -0.4 is 5.32 Å². The Morgan fingerprint density at radius 2 is 1.89 bits per heavy atom. The highest BCUT2D eigenvalue weighted by molar-refractivity contribution is 5.82. The number of phenolic OH excluding ortho intramolecular Hbond substituents is 2. The average Bonchev–Trinajstić information content (AvgIpc) is 2.32. The Bertz CT molecular complexity index is 487. The van der Waals surface area contributed by atoms with Crippen LogP contribution in [-0.4, -0.2) is 52.4 Å². The minimum atomic E-state index is -1.18. The van der Waals surface area contributed by atoms with Crippen molar-refractivity contribution in [2.45, 2.75) is 12.5 Å². The number of amides is 2. The van der Waals surface area contributed by atoms with E-state index in [1.54, 1.807) is 0 Å². The van der Waals surface area contributed by atoms with Crippen LogP contribution in [0.4, 0.5) is 4.79 Å². The molecule has 0 aliphatic rings. The topological polar surface area (TPSA) is 110 Å². The summed E-state index contributed by atoms with van der Waals surface area (Å²) in [5, 5.41) is 29.9. The van der Waals surface area contributed by atoms with E-state index in [9.17, 15) is 14.7 Å². The second kappa shape index (κ2) is 5.94. The van der Waals surface area contributed by atoms with E-state index in [0.717, 1.165) is 0 Å². The number of carboxylic acids is 1. The number of aromatic hydroxyl groups is 2. The summed E-state index contributed by atoms with van der Waals surface area (Å²) in [6.45, 7) is 0. The summed E-state index contributed by atoms with van der Waals surface area (Å²) >= 11 is 0. The summed E-state index contributed by atoms with van der Waals surface area (Å²) in [5.74, 6) is -1.80. The first-order valence-electron chi connectivity index (χ1n) is 5.52. The summed E-state index contributed by atoms with van der Waals surface area (Å²) in [5.41, 5.74) is 0.488. The van der Waals surface area contributed by atoms with Crippen molar-refractivity contribution < 1.29 is 24.9 Å². The van der Waals surface area contributed by atoms with Gasteiger partial charge < -0.3 is 25.5 Å². The van der Waals surface area contributed by atoms with E-state index < -0.39 is 18.0 Å². The summed E-state index contributed by atoms with van der Waals surface area (Å²) < 4.78 is 0. The van der Waals surface area contributed by atoms with Crippen molar-refractivity contribution in [3.05, 3.63) is 23.8 Å². The van der Waals surface area contributed by atoms with Gasteiger partial charge in [0.1, 0.15) is 6.04 Å². The average molecular weight is 268 g/mol. The van der Waals surface area contributed by atoms with Crippen LogP contribution in [-0.2, 0) is 11.2 Å². The van der Waals surface area contributed by atoms with E-state index in [2.05, 4.69) is 5.32 Å². The lowest BCUT2D eigenvalue weighted by Crippen LogP contribution is -2.46. The van der Waals surface area contributed by atoms with Crippen LogP contribution in [0.3, 0.4) is 0 Å². The molecule has 0 fully saturated rings. The van der Waals surface area contributed by atoms with Gasteiger partial charge in [-0.25, -0.2) is 9.59 Å². The lowest BCUT2D eigenvalue weighted by Gasteiger charge is -2.18. The fourth-order valence-corrected chi connectivity index (χ4v) is 1.41. The number of carboxylic acid groups (broad SMARTS) is 1. The molecule has 0 bridgehead atoms. The van der Waals surface area contributed by atoms with E-state index in [4.69, 9.17) is 10.2 Å². The third-order valence-corrected chi connectivity index (χ3v) is 2.48. The Morgan fingerprint density at radius 1 is 1.26 bits per heavy atom. The van der Waals surface area contributed by atoms with Gasteiger partial charge in [0, 0.05) is 20.5 Å². The maximum absolute atomic E-state index is 11.4. The molecule has 0 aliphatic carbocycles. The van der Waals surface area contributed by atoms with Gasteiger partial charge in [-0.1, -0.05) is 6.07 Å². The molecule has 0 saturated carbocycles. The SMILES string of the molecule is CN(C)C(=O)NC(Cc1ccc(O)c(O)c1)C(=O)O. The third kappa shape index (κ3) is 4.06. The van der Waals surface area contributed by atoms with E-state index >= 15 is 0 Å². The molecule has 1 aromatic rings. The number of carbonyl (C=O) groups excluding carboxylic acids is 1. The molecule has 1 atom stereocenters. The van der Waals surface area contributed by atoms with Crippen molar-refractivity contribution in [1.29, 1.82) is 0 Å². The summed E-state index contributed by atoms with van der Waals surface area (Å²) in [6, 6.07) is 2.37. The molecular weight excluding hydrogens is 252 g/mol. The molecule has 1 rings (SSSR count). The van der Waals surface area contributed by atoms with Gasteiger partial charge in [0.05, 0.1) is 0 Å². The van der Waals surface area contributed by atoms with E-state index in [0.29, 0.717) is 5.56 Å². The van der Waals surface area contributed by atoms with Gasteiger partial charge in [0.2, 0.25) is 0 Å². The highest BCUT2D eigenvalue weighted by Crippen LogP contribution is 2.25. The van der Waals surface area contributed by atoms with Gasteiger partial charge in [-0.05, 0) is 17.7 Å². The Labute approximate surface area is 110 Å². The summed E-state index contributed by atoms with van der Waals surface area (Å²) in [7, 11) is 3.00. The molecule has 7 nitrogen and oxygen atoms in total. The highest BCUT2D eigenvalue weighted by atomic mass is 16.4. The number of benzene rings is 1. The molecule has 4 N–H and O–H groups in total. The first-order valence-corrected chi connectivity index (χ1v) is 5.52. The van der Waals surface area contributed by atoms with Crippen LogP contribution in [0, 0.1) is 0 Å². The molecule has 0 spiro atoms. The standard InChI is InChI=1S/C12H16N2O5/c1-14(2)12(19)13-8(11(17)18)5-7-3-4-9(15)10(16)6-7/h3-4,6,8,15-16H,5H2,1-2H3,(H,13,19)(H,17,18). The second-order valence-electron chi connectivity index (χ2n) is 4.26. The lowest BCUT2D eigenvalue weighted by molar-refractivity contribution is -0.139. The molecular formula is C12H16N2O5. The highest BCUT2D eigenvalue weighted by Gasteiger charge is 2.21. The molecule has 1 unspecified atom stereocenters. The lowest BCUT2D eigenvalue weighted by atomic mass is 10.1. The molecule has 0 radical (unpaired) electrons. The molecule has 0 aliphatic heterocycles. The van der Waals surface area contributed by atoms with Crippen LogP contribution in [0.1, 0.15) is 5.56 Å². The van der Waals surface area contributed by atoms with E-state index in [-0.39, 0.29) is 17.9 Å². The quantitative estimate of drug-likeness (QED) is 0.589. The Kier molecular flexibility index (Phi) is 4.57. The minimum Gasteiger partial charge on any atom is -0.504 e.